The van der Waals surface area contributed by atoms with Crippen molar-refractivity contribution in [1.29, 1.82) is 0 Å². The SMILES string of the molecule is CC1=CC2=C(C=CC=CC2c2ccccc2)C1[Si](C)(C)C1C(C)=Cc2ccccc21. The summed E-state index contributed by atoms with van der Waals surface area (Å²) in [5.41, 5.74) is 11.6. The van der Waals surface area contributed by atoms with E-state index in [0.717, 1.165) is 0 Å². The van der Waals surface area contributed by atoms with Crippen molar-refractivity contribution in [2.24, 2.45) is 0 Å². The number of benzene rings is 2. The zero-order valence-electron chi connectivity index (χ0n) is 18.4. The fourth-order valence-corrected chi connectivity index (χ4v) is 11.3. The summed E-state index contributed by atoms with van der Waals surface area (Å²) in [4.78, 5) is 0. The third-order valence-corrected chi connectivity index (χ3v) is 11.8. The lowest BCUT2D eigenvalue weighted by molar-refractivity contribution is 0.976. The molecule has 3 aliphatic carbocycles. The van der Waals surface area contributed by atoms with Crippen LogP contribution in [0.3, 0.4) is 0 Å². The van der Waals surface area contributed by atoms with Crippen LogP contribution in [0.5, 0.6) is 0 Å². The Labute approximate surface area is 182 Å². The molecule has 1 heteroatoms. The minimum Gasteiger partial charge on any atom is -0.0726 e. The maximum atomic E-state index is 2.61. The summed E-state index contributed by atoms with van der Waals surface area (Å²) in [6, 6.07) is 20.0. The van der Waals surface area contributed by atoms with E-state index < -0.39 is 8.07 Å². The first-order chi connectivity index (χ1) is 14.5. The number of hydrogen-bond donors (Lipinski definition) is 0. The predicted molar refractivity (Wildman–Crippen MR) is 132 cm³/mol. The number of hydrogen-bond acceptors (Lipinski definition) is 0. The van der Waals surface area contributed by atoms with Crippen molar-refractivity contribution in [2.45, 2.75) is 43.9 Å². The van der Waals surface area contributed by atoms with E-state index in [2.05, 4.69) is 118 Å². The molecule has 0 N–H and O–H groups in total. The standard InChI is InChI=1S/C29H30Si/c1-20-18-23-14-8-9-16-25(23)28(20)30(3,4)29-21(2)19-27-24(15-10-11-17-26(27)29)22-12-6-5-7-13-22/h5-19,24,28-29H,1-4H3. The minimum absolute atomic E-state index is 0.341. The van der Waals surface area contributed by atoms with Gasteiger partial charge >= 0.3 is 0 Å². The van der Waals surface area contributed by atoms with Crippen LogP contribution < -0.4 is 0 Å². The molecule has 0 radical (unpaired) electrons. The Morgan fingerprint density at radius 3 is 2.20 bits per heavy atom. The molecule has 0 aromatic heterocycles. The van der Waals surface area contributed by atoms with Crippen molar-refractivity contribution in [2.75, 3.05) is 0 Å². The highest BCUT2D eigenvalue weighted by molar-refractivity contribution is 6.82. The Morgan fingerprint density at radius 1 is 0.700 bits per heavy atom. The normalized spacial score (nSPS) is 25.0. The van der Waals surface area contributed by atoms with Crippen molar-refractivity contribution in [1.82, 2.24) is 0 Å². The molecule has 3 atom stereocenters. The molecule has 0 aliphatic heterocycles. The van der Waals surface area contributed by atoms with E-state index in [-0.39, 0.29) is 0 Å². The Kier molecular flexibility index (Phi) is 4.67. The third-order valence-electron chi connectivity index (χ3n) is 7.30. The Balaban J connectivity index is 1.61. The van der Waals surface area contributed by atoms with Gasteiger partial charge in [-0.15, -0.1) is 0 Å². The Morgan fingerprint density at radius 2 is 1.40 bits per heavy atom. The summed E-state index contributed by atoms with van der Waals surface area (Å²) in [6.07, 6.45) is 14.2. The highest BCUT2D eigenvalue weighted by Crippen LogP contribution is 2.55. The maximum Gasteiger partial charge on any atom is 0.0721 e. The lowest BCUT2D eigenvalue weighted by atomic mass is 9.90. The molecule has 0 spiro atoms. The summed E-state index contributed by atoms with van der Waals surface area (Å²) in [6.45, 7) is 9.94. The Hall–Kier alpha value is -2.64. The molecule has 2 aromatic rings. The van der Waals surface area contributed by atoms with E-state index in [9.17, 15) is 0 Å². The molecule has 0 amide bonds. The fourth-order valence-electron chi connectivity index (χ4n) is 6.30. The number of rotatable bonds is 3. The van der Waals surface area contributed by atoms with Gasteiger partial charge in [-0.1, -0.05) is 115 Å². The molecular formula is C29H30Si. The van der Waals surface area contributed by atoms with Crippen molar-refractivity contribution in [3.8, 4) is 0 Å². The second-order valence-electron chi connectivity index (χ2n) is 9.64. The van der Waals surface area contributed by atoms with E-state index in [1.54, 1.807) is 22.3 Å². The van der Waals surface area contributed by atoms with Gasteiger partial charge in [-0.2, -0.15) is 0 Å². The zero-order chi connectivity index (χ0) is 20.9. The average molecular weight is 407 g/mol. The lowest BCUT2D eigenvalue weighted by Crippen LogP contribution is -2.41. The van der Waals surface area contributed by atoms with Crippen LogP contribution in [0.2, 0.25) is 18.6 Å². The molecule has 2 aromatic carbocycles. The van der Waals surface area contributed by atoms with Gasteiger partial charge in [0, 0.05) is 17.0 Å². The average Bonchev–Trinajstić information content (AvgIpc) is 3.17. The first-order valence-corrected chi connectivity index (χ1v) is 14.2. The van der Waals surface area contributed by atoms with E-state index in [4.69, 9.17) is 0 Å². The lowest BCUT2D eigenvalue weighted by Gasteiger charge is -2.39. The topological polar surface area (TPSA) is 0 Å². The summed E-state index contributed by atoms with van der Waals surface area (Å²) in [5.74, 6) is 0.341. The molecule has 0 fully saturated rings. The molecule has 0 saturated heterocycles. The van der Waals surface area contributed by atoms with Gasteiger partial charge in [0.2, 0.25) is 0 Å². The van der Waals surface area contributed by atoms with Crippen LogP contribution in [0.15, 0.2) is 107 Å². The van der Waals surface area contributed by atoms with Crippen molar-refractivity contribution in [3.63, 3.8) is 0 Å². The van der Waals surface area contributed by atoms with Gasteiger partial charge in [0.1, 0.15) is 0 Å². The van der Waals surface area contributed by atoms with Crippen LogP contribution >= 0.6 is 0 Å². The molecular weight excluding hydrogens is 376 g/mol. The minimum atomic E-state index is -1.75. The smallest absolute Gasteiger partial charge is 0.0721 e. The van der Waals surface area contributed by atoms with Crippen LogP contribution in [-0.2, 0) is 0 Å². The first kappa shape index (κ1) is 19.3. The highest BCUT2D eigenvalue weighted by Gasteiger charge is 2.47. The van der Waals surface area contributed by atoms with Crippen molar-refractivity contribution >= 4 is 14.1 Å². The third kappa shape index (κ3) is 2.95. The van der Waals surface area contributed by atoms with Crippen LogP contribution in [0.4, 0.5) is 0 Å². The van der Waals surface area contributed by atoms with Gasteiger partial charge in [0.05, 0.1) is 8.07 Å². The van der Waals surface area contributed by atoms with E-state index in [1.807, 2.05) is 0 Å². The quantitative estimate of drug-likeness (QED) is 0.453. The molecule has 3 unspecified atom stereocenters. The molecule has 150 valence electrons. The molecule has 0 heterocycles. The van der Waals surface area contributed by atoms with Gasteiger partial charge in [0.25, 0.3) is 0 Å². The van der Waals surface area contributed by atoms with Crippen molar-refractivity contribution < 1.29 is 0 Å². The molecule has 0 bridgehead atoms. The molecule has 30 heavy (non-hydrogen) atoms. The fraction of sp³-hybridized carbons (Fsp3) is 0.241. The molecule has 0 saturated carbocycles. The summed E-state index contributed by atoms with van der Waals surface area (Å²) < 4.78 is 0. The monoisotopic (exact) mass is 406 g/mol. The Bertz CT molecular complexity index is 1140. The van der Waals surface area contributed by atoms with Crippen LogP contribution in [0.25, 0.3) is 6.08 Å². The maximum absolute atomic E-state index is 2.61. The largest absolute Gasteiger partial charge is 0.0726 e. The van der Waals surface area contributed by atoms with E-state index >= 15 is 0 Å². The molecule has 5 rings (SSSR count). The molecule has 3 aliphatic rings. The van der Waals surface area contributed by atoms with Gasteiger partial charge in [-0.3, -0.25) is 0 Å². The number of allylic oxidation sites excluding steroid dienone is 9. The van der Waals surface area contributed by atoms with Crippen LogP contribution in [0.1, 0.15) is 42.0 Å². The number of fused-ring (bicyclic) bond motifs is 1. The summed E-state index contributed by atoms with van der Waals surface area (Å²) in [5, 5.41) is 0. The van der Waals surface area contributed by atoms with Gasteiger partial charge in [-0.25, -0.2) is 0 Å². The second-order valence-corrected chi connectivity index (χ2v) is 14.4. The van der Waals surface area contributed by atoms with Crippen molar-refractivity contribution in [3.05, 3.63) is 124 Å². The van der Waals surface area contributed by atoms with Crippen LogP contribution in [0, 0.1) is 0 Å². The van der Waals surface area contributed by atoms with Gasteiger partial charge in [-0.05, 0) is 41.7 Å². The van der Waals surface area contributed by atoms with Gasteiger partial charge in [0.15, 0.2) is 0 Å². The first-order valence-electron chi connectivity index (χ1n) is 11.1. The van der Waals surface area contributed by atoms with E-state index in [0.29, 0.717) is 17.0 Å². The zero-order valence-corrected chi connectivity index (χ0v) is 19.4. The van der Waals surface area contributed by atoms with Crippen LogP contribution in [-0.4, -0.2) is 8.07 Å². The van der Waals surface area contributed by atoms with E-state index in [1.165, 1.54) is 16.7 Å². The predicted octanol–water partition coefficient (Wildman–Crippen LogP) is 7.97. The van der Waals surface area contributed by atoms with Gasteiger partial charge < -0.3 is 0 Å². The summed E-state index contributed by atoms with van der Waals surface area (Å²) in [7, 11) is -1.75. The summed E-state index contributed by atoms with van der Waals surface area (Å²) >= 11 is 0. The second kappa shape index (κ2) is 7.25. The highest BCUT2D eigenvalue weighted by atomic mass is 28.3. The molecule has 0 nitrogen and oxygen atoms in total.